The van der Waals surface area contributed by atoms with Crippen molar-refractivity contribution in [2.24, 2.45) is 0 Å². The molecule has 0 unspecified atom stereocenters. The molecule has 0 fully saturated rings. The van der Waals surface area contributed by atoms with E-state index < -0.39 is 19.1 Å². The molecule has 0 radical (unpaired) electrons. The minimum absolute atomic E-state index is 0.310. The summed E-state index contributed by atoms with van der Waals surface area (Å²) in [5, 5.41) is -0.344. The maximum Gasteiger partial charge on any atom is 0.133 e. The fraction of sp³-hybridized carbons (Fsp3) is 0.167. The molecule has 0 aliphatic heterocycles. The highest BCUT2D eigenvalue weighted by Gasteiger charge is 1.96. The third kappa shape index (κ3) is 1.13. The Hall–Kier alpha value is -0.760. The van der Waals surface area contributed by atoms with Gasteiger partial charge in [0.1, 0.15) is 5.15 Å². The van der Waals surface area contributed by atoms with Gasteiger partial charge in [0.15, 0.2) is 0 Å². The Morgan fingerprint density at radius 1 is 2.00 bits per heavy atom. The van der Waals surface area contributed by atoms with Gasteiger partial charge in [-0.2, -0.15) is 0 Å². The normalized spacial score (nSPS) is 19.0. The lowest BCUT2D eigenvalue weighted by atomic mass is 10.3. The molecule has 0 aliphatic rings. The summed E-state index contributed by atoms with van der Waals surface area (Å²) in [7, 11) is 0. The number of halogens is 1. The van der Waals surface area contributed by atoms with E-state index in [0.717, 1.165) is 0 Å². The molecule has 9 heavy (non-hydrogen) atoms. The summed E-state index contributed by atoms with van der Waals surface area (Å²) in [6.45, 7) is -2.52. The maximum absolute atomic E-state index is 7.28. The van der Waals surface area contributed by atoms with Crippen LogP contribution in [-0.4, -0.2) is 4.98 Å². The minimum atomic E-state index is -2.52. The SMILES string of the molecule is [2H]c1nc(Cl)c(C([2H])([2H])[2H])c(N)c1[2H]. The lowest BCUT2D eigenvalue weighted by Crippen LogP contribution is -1.90. The monoisotopic (exact) mass is 147 g/mol. The number of aromatic nitrogens is 1. The van der Waals surface area contributed by atoms with Gasteiger partial charge in [0.2, 0.25) is 0 Å². The molecule has 0 aliphatic carbocycles. The zero-order valence-corrected chi connectivity index (χ0v) is 5.16. The second-order valence-corrected chi connectivity index (χ2v) is 1.79. The van der Waals surface area contributed by atoms with E-state index in [2.05, 4.69) is 4.98 Å². The molecule has 0 spiro atoms. The second-order valence-electron chi connectivity index (χ2n) is 1.43. The van der Waals surface area contributed by atoms with E-state index >= 15 is 0 Å². The van der Waals surface area contributed by atoms with Crippen LogP contribution in [0.15, 0.2) is 12.2 Å². The Kier molecular flexibility index (Phi) is 0.611. The molecular formula is C6H7ClN2. The van der Waals surface area contributed by atoms with Crippen molar-refractivity contribution in [3.8, 4) is 0 Å². The number of hydrogen-bond donors (Lipinski definition) is 1. The first kappa shape index (κ1) is 2.46. The fourth-order valence-electron chi connectivity index (χ4n) is 0.367. The number of anilines is 1. The van der Waals surface area contributed by atoms with Crippen LogP contribution >= 0.6 is 11.6 Å². The van der Waals surface area contributed by atoms with Gasteiger partial charge in [-0.05, 0) is 12.9 Å². The molecule has 1 rings (SSSR count). The first-order valence-electron chi connectivity index (χ1n) is 4.67. The van der Waals surface area contributed by atoms with E-state index in [0.29, 0.717) is 0 Å². The molecule has 0 atom stereocenters. The number of hydrogen-bond acceptors (Lipinski definition) is 2. The topological polar surface area (TPSA) is 38.9 Å². The van der Waals surface area contributed by atoms with Gasteiger partial charge in [0.25, 0.3) is 0 Å². The second kappa shape index (κ2) is 2.23. The number of pyridine rings is 1. The number of nitrogens with zero attached hydrogens (tertiary/aromatic N) is 1. The summed E-state index contributed by atoms with van der Waals surface area (Å²) in [4.78, 5) is 3.40. The van der Waals surface area contributed by atoms with E-state index in [1.54, 1.807) is 0 Å². The Bertz CT molecular complexity index is 375. The predicted octanol–water partition coefficient (Wildman–Crippen LogP) is 1.63. The van der Waals surface area contributed by atoms with Crippen molar-refractivity contribution >= 4 is 17.3 Å². The van der Waals surface area contributed by atoms with Crippen molar-refractivity contribution in [1.29, 1.82) is 0 Å². The highest BCUT2D eigenvalue weighted by atomic mass is 35.5. The first-order chi connectivity index (χ1) is 6.25. The highest BCUT2D eigenvalue weighted by Crippen LogP contribution is 2.16. The Labute approximate surface area is 65.7 Å². The van der Waals surface area contributed by atoms with E-state index in [1.807, 2.05) is 0 Å². The van der Waals surface area contributed by atoms with Crippen molar-refractivity contribution in [2.75, 3.05) is 5.73 Å². The molecule has 2 nitrogen and oxygen atoms in total. The molecule has 1 aromatic heterocycles. The van der Waals surface area contributed by atoms with Crippen molar-refractivity contribution in [2.45, 2.75) is 6.85 Å². The minimum Gasteiger partial charge on any atom is -0.398 e. The van der Waals surface area contributed by atoms with Crippen LogP contribution < -0.4 is 5.73 Å². The summed E-state index contributed by atoms with van der Waals surface area (Å²) in [6.07, 6.45) is -0.430. The van der Waals surface area contributed by atoms with Gasteiger partial charge in [0, 0.05) is 21.5 Å². The smallest absolute Gasteiger partial charge is 0.133 e. The third-order valence-corrected chi connectivity index (χ3v) is 1.09. The van der Waals surface area contributed by atoms with Crippen LogP contribution in [-0.2, 0) is 0 Å². The summed E-state index contributed by atoms with van der Waals surface area (Å²) < 4.78 is 35.8. The quantitative estimate of drug-likeness (QED) is 0.567. The van der Waals surface area contributed by atoms with Crippen molar-refractivity contribution in [3.63, 3.8) is 0 Å². The van der Waals surface area contributed by atoms with Gasteiger partial charge >= 0.3 is 0 Å². The third-order valence-electron chi connectivity index (χ3n) is 0.820. The Balaban J connectivity index is 3.53. The molecule has 0 saturated heterocycles. The van der Waals surface area contributed by atoms with Crippen molar-refractivity contribution in [1.82, 2.24) is 4.98 Å². The fourth-order valence-corrected chi connectivity index (χ4v) is 0.511. The lowest BCUT2D eigenvalue weighted by Gasteiger charge is -1.97. The standard InChI is InChI=1S/C6H7ClN2/c1-4-5(8)2-3-9-6(4)7/h2-3H,1H3,(H2,8,9)/i1D3,2D,3D. The predicted molar refractivity (Wildman–Crippen MR) is 38.4 cm³/mol. The molecule has 0 saturated carbocycles. The summed E-state index contributed by atoms with van der Waals surface area (Å²) in [5.74, 6) is 0. The van der Waals surface area contributed by atoms with Crippen LogP contribution in [0, 0.1) is 6.85 Å². The van der Waals surface area contributed by atoms with Crippen LogP contribution in [0.25, 0.3) is 0 Å². The van der Waals surface area contributed by atoms with Crippen LogP contribution in [0.2, 0.25) is 5.15 Å². The van der Waals surface area contributed by atoms with Crippen LogP contribution in [0.4, 0.5) is 5.69 Å². The molecule has 1 aromatic rings. The average molecular weight is 148 g/mol. The van der Waals surface area contributed by atoms with E-state index in [-0.39, 0.29) is 16.4 Å². The maximum atomic E-state index is 7.28. The molecule has 48 valence electrons. The molecule has 0 aromatic carbocycles. The number of nitrogens with two attached hydrogens (primary N) is 1. The highest BCUT2D eigenvalue weighted by molar-refractivity contribution is 6.30. The van der Waals surface area contributed by atoms with Gasteiger partial charge < -0.3 is 5.73 Å². The Morgan fingerprint density at radius 2 is 2.78 bits per heavy atom. The van der Waals surface area contributed by atoms with E-state index in [1.165, 1.54) is 0 Å². The molecule has 2 N–H and O–H groups in total. The zero-order valence-electron chi connectivity index (χ0n) is 9.40. The summed E-state index contributed by atoms with van der Waals surface area (Å²) in [5.41, 5.74) is 4.71. The van der Waals surface area contributed by atoms with E-state index in [9.17, 15) is 0 Å². The van der Waals surface area contributed by atoms with E-state index in [4.69, 9.17) is 24.2 Å². The molecular weight excluding hydrogens is 136 g/mol. The van der Waals surface area contributed by atoms with Gasteiger partial charge in [-0.1, -0.05) is 11.6 Å². The molecule has 1 heterocycles. The summed E-state index contributed by atoms with van der Waals surface area (Å²) in [6, 6.07) is -0.416. The first-order valence-corrected chi connectivity index (χ1v) is 2.55. The van der Waals surface area contributed by atoms with Crippen LogP contribution in [0.5, 0.6) is 0 Å². The average Bonchev–Trinajstić information content (AvgIpc) is 1.97. The van der Waals surface area contributed by atoms with Gasteiger partial charge in [-0.3, -0.25) is 0 Å². The van der Waals surface area contributed by atoms with Crippen molar-refractivity contribution < 1.29 is 6.85 Å². The number of nitrogen functional groups attached to an aromatic ring is 1. The van der Waals surface area contributed by atoms with Crippen LogP contribution in [0.1, 0.15) is 12.4 Å². The van der Waals surface area contributed by atoms with Gasteiger partial charge in [-0.15, -0.1) is 0 Å². The summed E-state index contributed by atoms with van der Waals surface area (Å²) >= 11 is 5.54. The van der Waals surface area contributed by atoms with Crippen molar-refractivity contribution in [3.05, 3.63) is 22.9 Å². The largest absolute Gasteiger partial charge is 0.398 e. The zero-order chi connectivity index (χ0) is 11.1. The lowest BCUT2D eigenvalue weighted by molar-refractivity contribution is 1.27. The molecule has 0 amide bonds. The molecule has 0 bridgehead atoms. The van der Waals surface area contributed by atoms with Crippen LogP contribution in [0.3, 0.4) is 0 Å². The molecule has 3 heteroatoms. The van der Waals surface area contributed by atoms with Gasteiger partial charge in [0.05, 0.1) is 2.74 Å². The Morgan fingerprint density at radius 3 is 3.44 bits per heavy atom. The number of rotatable bonds is 0. The van der Waals surface area contributed by atoms with Gasteiger partial charge in [-0.25, -0.2) is 4.98 Å².